The number of nitrogens with one attached hydrogen (secondary N) is 1. The van der Waals surface area contributed by atoms with Gasteiger partial charge in [-0.15, -0.1) is 10.2 Å². The van der Waals surface area contributed by atoms with Crippen molar-refractivity contribution < 1.29 is 18.3 Å². The fourth-order valence-corrected chi connectivity index (χ4v) is 4.66. The van der Waals surface area contributed by atoms with E-state index in [0.29, 0.717) is 4.34 Å². The number of carboxylic acids is 1. The molecule has 2 N–H and O–H groups in total. The zero-order chi connectivity index (χ0) is 15.6. The lowest BCUT2D eigenvalue weighted by atomic mass is 10.7. The summed E-state index contributed by atoms with van der Waals surface area (Å²) < 4.78 is 28.0. The number of hydrogen-bond donors (Lipinski definition) is 2. The number of aryl methyl sites for hydroxylation is 1. The van der Waals surface area contributed by atoms with E-state index in [9.17, 15) is 13.2 Å². The molecule has 9 nitrogen and oxygen atoms in total. The van der Waals surface area contributed by atoms with Crippen LogP contribution in [0.3, 0.4) is 0 Å². The van der Waals surface area contributed by atoms with Crippen molar-refractivity contribution in [3.05, 3.63) is 11.2 Å². The summed E-state index contributed by atoms with van der Waals surface area (Å²) in [6.07, 6.45) is 1.21. The minimum atomic E-state index is -3.95. The van der Waals surface area contributed by atoms with E-state index in [1.165, 1.54) is 13.2 Å². The summed E-state index contributed by atoms with van der Waals surface area (Å²) in [6.45, 7) is 0. The van der Waals surface area contributed by atoms with Crippen molar-refractivity contribution in [2.24, 2.45) is 7.05 Å². The van der Waals surface area contributed by atoms with E-state index in [0.717, 1.165) is 27.8 Å². The van der Waals surface area contributed by atoms with Gasteiger partial charge >= 0.3 is 5.97 Å². The highest BCUT2D eigenvalue weighted by Gasteiger charge is 2.24. The number of thioether (sulfide) groups is 1. The van der Waals surface area contributed by atoms with Crippen molar-refractivity contribution in [1.82, 2.24) is 20.0 Å². The van der Waals surface area contributed by atoms with Gasteiger partial charge < -0.3 is 5.11 Å². The Morgan fingerprint density at radius 2 is 2.29 bits per heavy atom. The van der Waals surface area contributed by atoms with Crippen LogP contribution in [0.1, 0.15) is 0 Å². The Morgan fingerprint density at radius 3 is 2.86 bits per heavy atom. The first-order valence-corrected chi connectivity index (χ1v) is 8.84. The maximum absolute atomic E-state index is 12.2. The highest BCUT2D eigenvalue weighted by molar-refractivity contribution is 8.01. The van der Waals surface area contributed by atoms with E-state index >= 15 is 0 Å². The number of rotatable bonds is 6. The van der Waals surface area contributed by atoms with Crippen LogP contribution < -0.4 is 4.72 Å². The van der Waals surface area contributed by atoms with Crippen LogP contribution in [0.25, 0.3) is 0 Å². The molecule has 0 saturated heterocycles. The van der Waals surface area contributed by atoms with Crippen LogP contribution in [0.4, 0.5) is 5.13 Å². The average molecular weight is 370 g/mol. The molecule has 0 radical (unpaired) electrons. The molecule has 0 atom stereocenters. The van der Waals surface area contributed by atoms with Crippen LogP contribution in [0.5, 0.6) is 0 Å². The van der Waals surface area contributed by atoms with E-state index in [1.807, 2.05) is 0 Å². The zero-order valence-electron chi connectivity index (χ0n) is 10.3. The Bertz CT molecular complexity index is 751. The lowest BCUT2D eigenvalue weighted by Crippen LogP contribution is -2.17. The summed E-state index contributed by atoms with van der Waals surface area (Å²) in [6, 6.07) is 0. The number of sulfonamides is 1. The smallest absolute Gasteiger partial charge is 0.313 e. The second kappa shape index (κ2) is 6.17. The third kappa shape index (κ3) is 3.84. The SMILES string of the molecule is Cn1ncc(Cl)c1S(=O)(=O)Nc1nnc(SCC(=O)O)s1. The fraction of sp³-hybridized carbons (Fsp3) is 0.250. The summed E-state index contributed by atoms with van der Waals surface area (Å²) in [4.78, 5) is 10.4. The van der Waals surface area contributed by atoms with Gasteiger partial charge in [0.15, 0.2) is 9.37 Å². The fourth-order valence-electron chi connectivity index (χ4n) is 1.30. The number of nitrogens with zero attached hydrogens (tertiary/aromatic N) is 4. The molecule has 0 amide bonds. The molecule has 0 unspecified atom stereocenters. The van der Waals surface area contributed by atoms with Crippen molar-refractivity contribution >= 4 is 55.8 Å². The molecule has 0 aliphatic carbocycles. The molecule has 0 fully saturated rings. The van der Waals surface area contributed by atoms with Crippen LogP contribution in [-0.2, 0) is 21.9 Å². The third-order valence-corrected chi connectivity index (χ3v) is 5.97. The number of hydrogen-bond acceptors (Lipinski definition) is 8. The van der Waals surface area contributed by atoms with Crippen molar-refractivity contribution in [1.29, 1.82) is 0 Å². The van der Waals surface area contributed by atoms with Crippen LogP contribution in [0.15, 0.2) is 15.6 Å². The standard InChI is InChI=1S/C8H8ClN5O4S3/c1-14-6(4(9)2-10-14)21(17,18)13-7-11-12-8(20-7)19-3-5(15)16/h2H,3H2,1H3,(H,11,13)(H,15,16). The van der Waals surface area contributed by atoms with E-state index in [4.69, 9.17) is 16.7 Å². The number of anilines is 1. The predicted octanol–water partition coefficient (Wildman–Crippen LogP) is 0.902. The molecule has 0 spiro atoms. The molecule has 2 aromatic rings. The molecular formula is C8H8ClN5O4S3. The molecule has 114 valence electrons. The van der Waals surface area contributed by atoms with Crippen LogP contribution in [-0.4, -0.2) is 45.2 Å². The molecule has 0 aliphatic heterocycles. The van der Waals surface area contributed by atoms with Gasteiger partial charge in [0.2, 0.25) is 5.13 Å². The van der Waals surface area contributed by atoms with E-state index in [-0.39, 0.29) is 20.9 Å². The monoisotopic (exact) mass is 369 g/mol. The van der Waals surface area contributed by atoms with Gasteiger partial charge in [-0.25, -0.2) is 0 Å². The Balaban J connectivity index is 2.16. The van der Waals surface area contributed by atoms with Gasteiger partial charge in [-0.3, -0.25) is 14.2 Å². The molecule has 2 aromatic heterocycles. The first-order valence-electron chi connectivity index (χ1n) is 5.18. The molecule has 2 rings (SSSR count). The summed E-state index contributed by atoms with van der Waals surface area (Å²) in [5, 5.41) is 19.4. The van der Waals surface area contributed by atoms with Crippen molar-refractivity contribution in [2.75, 3.05) is 10.5 Å². The first-order chi connectivity index (χ1) is 9.79. The Morgan fingerprint density at radius 1 is 1.57 bits per heavy atom. The molecule has 0 aliphatic rings. The number of aliphatic carboxylic acids is 1. The molecule has 0 bridgehead atoms. The molecule has 0 aromatic carbocycles. The molecular weight excluding hydrogens is 362 g/mol. The summed E-state index contributed by atoms with van der Waals surface area (Å²) >= 11 is 7.65. The largest absolute Gasteiger partial charge is 0.481 e. The van der Waals surface area contributed by atoms with Gasteiger partial charge in [-0.1, -0.05) is 34.7 Å². The predicted molar refractivity (Wildman–Crippen MR) is 77.3 cm³/mol. The summed E-state index contributed by atoms with van der Waals surface area (Å²) in [7, 11) is -2.51. The van der Waals surface area contributed by atoms with E-state index < -0.39 is 16.0 Å². The third-order valence-electron chi connectivity index (χ3n) is 2.04. The Kier molecular flexibility index (Phi) is 4.70. The van der Waals surface area contributed by atoms with Gasteiger partial charge in [0.1, 0.15) is 0 Å². The summed E-state index contributed by atoms with van der Waals surface area (Å²) in [5.74, 6) is -1.19. The van der Waals surface area contributed by atoms with E-state index in [2.05, 4.69) is 20.0 Å². The average Bonchev–Trinajstić information content (AvgIpc) is 2.93. The topological polar surface area (TPSA) is 127 Å². The van der Waals surface area contributed by atoms with Crippen molar-refractivity contribution in [3.63, 3.8) is 0 Å². The highest BCUT2D eigenvalue weighted by Crippen LogP contribution is 2.28. The van der Waals surface area contributed by atoms with Gasteiger partial charge in [-0.2, -0.15) is 13.5 Å². The Hall–Kier alpha value is -1.37. The van der Waals surface area contributed by atoms with Crippen LogP contribution in [0, 0.1) is 0 Å². The van der Waals surface area contributed by atoms with Crippen LogP contribution >= 0.6 is 34.7 Å². The minimum absolute atomic E-state index is 0.0140. The maximum Gasteiger partial charge on any atom is 0.313 e. The lowest BCUT2D eigenvalue weighted by molar-refractivity contribution is -0.133. The van der Waals surface area contributed by atoms with Crippen molar-refractivity contribution in [3.8, 4) is 0 Å². The first kappa shape index (κ1) is 16.0. The lowest BCUT2D eigenvalue weighted by Gasteiger charge is -2.04. The quantitative estimate of drug-likeness (QED) is 0.719. The van der Waals surface area contributed by atoms with Gasteiger partial charge in [0.25, 0.3) is 10.0 Å². The number of halogens is 1. The number of carboxylic acid groups (broad SMARTS) is 1. The summed E-state index contributed by atoms with van der Waals surface area (Å²) in [5.41, 5.74) is 0. The van der Waals surface area contributed by atoms with Crippen molar-refractivity contribution in [2.45, 2.75) is 9.37 Å². The normalized spacial score (nSPS) is 11.5. The molecule has 13 heteroatoms. The van der Waals surface area contributed by atoms with Gasteiger partial charge in [-0.05, 0) is 0 Å². The zero-order valence-corrected chi connectivity index (χ0v) is 13.6. The second-order valence-electron chi connectivity index (χ2n) is 3.58. The van der Waals surface area contributed by atoms with E-state index in [1.54, 1.807) is 0 Å². The molecule has 0 saturated carbocycles. The number of carbonyl (C=O) groups is 1. The minimum Gasteiger partial charge on any atom is -0.481 e. The second-order valence-corrected chi connectivity index (χ2v) is 7.79. The number of aromatic nitrogens is 4. The Labute approximate surface area is 132 Å². The van der Waals surface area contributed by atoms with Gasteiger partial charge in [0.05, 0.1) is 17.0 Å². The van der Waals surface area contributed by atoms with Crippen LogP contribution in [0.2, 0.25) is 5.02 Å². The van der Waals surface area contributed by atoms with Gasteiger partial charge in [0, 0.05) is 7.05 Å². The maximum atomic E-state index is 12.2. The molecule has 21 heavy (non-hydrogen) atoms. The highest BCUT2D eigenvalue weighted by atomic mass is 35.5. The molecule has 2 heterocycles.